The largest absolute Gasteiger partial charge is 0.295 e. The first-order valence-corrected chi connectivity index (χ1v) is 5.15. The van der Waals surface area contributed by atoms with Gasteiger partial charge in [0.2, 0.25) is 0 Å². The van der Waals surface area contributed by atoms with Crippen LogP contribution in [0.1, 0.15) is 43.5 Å². The summed E-state index contributed by atoms with van der Waals surface area (Å²) in [6, 6.07) is 11.3. The van der Waals surface area contributed by atoms with E-state index in [9.17, 15) is 4.79 Å². The van der Waals surface area contributed by atoms with Crippen molar-refractivity contribution in [2.75, 3.05) is 0 Å². The van der Waals surface area contributed by atoms with Gasteiger partial charge in [0.25, 0.3) is 0 Å². The second-order valence-electron chi connectivity index (χ2n) is 3.18. The van der Waals surface area contributed by atoms with Gasteiger partial charge in [0, 0.05) is 12.0 Å². The highest BCUT2D eigenvalue weighted by molar-refractivity contribution is 5.93. The summed E-state index contributed by atoms with van der Waals surface area (Å²) < 4.78 is 0. The van der Waals surface area contributed by atoms with Crippen molar-refractivity contribution in [3.63, 3.8) is 0 Å². The Labute approximate surface area is 91.5 Å². The van der Waals surface area contributed by atoms with Gasteiger partial charge in [-0.15, -0.1) is 0 Å². The average Bonchev–Trinajstić information content (AvgIpc) is 2.28. The van der Waals surface area contributed by atoms with Crippen LogP contribution in [0.2, 0.25) is 0 Å². The van der Waals surface area contributed by atoms with Gasteiger partial charge >= 0.3 is 0 Å². The molecule has 0 amide bonds. The Morgan fingerprint density at radius 3 is 2.20 bits per heavy atom. The first-order chi connectivity index (χ1) is 7.22. The van der Waals surface area contributed by atoms with Crippen LogP contribution in [0.3, 0.4) is 0 Å². The monoisotopic (exact) mass is 203 g/mol. The number of carbonyl (C=O) groups excluding carboxylic acids is 1. The van der Waals surface area contributed by atoms with Crippen molar-refractivity contribution in [3.05, 3.63) is 35.9 Å². The minimum atomic E-state index is 0.121. The number of benzene rings is 1. The molecular formula is C13H17NO. The number of Topliss-reactive ketones (excluding diaryl/α,β-unsaturated/α-hetero) is 1. The molecule has 0 aliphatic heterocycles. The molecule has 15 heavy (non-hydrogen) atoms. The molecule has 0 spiro atoms. The van der Waals surface area contributed by atoms with Crippen molar-refractivity contribution >= 4 is 5.78 Å². The van der Waals surface area contributed by atoms with E-state index in [4.69, 9.17) is 5.26 Å². The Morgan fingerprint density at radius 2 is 1.93 bits per heavy atom. The molecule has 0 fully saturated rings. The molecule has 80 valence electrons. The fourth-order valence-electron chi connectivity index (χ4n) is 0.929. The molecule has 0 unspecified atom stereocenters. The molecule has 0 atom stereocenters. The Balaban J connectivity index is 0.000000288. The SMILES string of the molecule is CC(=O)c1ccccc1.CCCCC#N. The van der Waals surface area contributed by atoms with Crippen molar-refractivity contribution in [1.82, 2.24) is 0 Å². The van der Waals surface area contributed by atoms with Crippen LogP contribution in [0.15, 0.2) is 30.3 Å². The number of rotatable bonds is 3. The topological polar surface area (TPSA) is 40.9 Å². The lowest BCUT2D eigenvalue weighted by Gasteiger charge is -1.89. The molecule has 0 aliphatic rings. The molecule has 0 aliphatic carbocycles. The maximum absolute atomic E-state index is 10.6. The van der Waals surface area contributed by atoms with Crippen LogP contribution in [0.25, 0.3) is 0 Å². The average molecular weight is 203 g/mol. The number of unbranched alkanes of at least 4 members (excludes halogenated alkanes) is 2. The van der Waals surface area contributed by atoms with Gasteiger partial charge in [-0.2, -0.15) is 5.26 Å². The Bertz CT molecular complexity index is 311. The number of carbonyl (C=O) groups is 1. The van der Waals surface area contributed by atoms with Gasteiger partial charge in [-0.1, -0.05) is 43.7 Å². The van der Waals surface area contributed by atoms with Gasteiger partial charge < -0.3 is 0 Å². The lowest BCUT2D eigenvalue weighted by atomic mass is 10.2. The molecule has 0 saturated carbocycles. The van der Waals surface area contributed by atoms with Crippen molar-refractivity contribution in [1.29, 1.82) is 5.26 Å². The van der Waals surface area contributed by atoms with E-state index in [1.54, 1.807) is 6.92 Å². The van der Waals surface area contributed by atoms with Crippen LogP contribution in [0, 0.1) is 11.3 Å². The lowest BCUT2D eigenvalue weighted by Crippen LogP contribution is -1.88. The van der Waals surface area contributed by atoms with Gasteiger partial charge in [0.1, 0.15) is 0 Å². The standard InChI is InChI=1S/C8H8O.C5H9N/c1-7(9)8-5-3-2-4-6-8;1-2-3-4-5-6/h2-6H,1H3;2-4H2,1H3. The second kappa shape index (κ2) is 8.96. The molecule has 0 bridgehead atoms. The molecule has 0 aromatic heterocycles. The summed E-state index contributed by atoms with van der Waals surface area (Å²) in [6.07, 6.45) is 2.90. The molecular weight excluding hydrogens is 186 g/mol. The van der Waals surface area contributed by atoms with Crippen molar-refractivity contribution in [3.8, 4) is 6.07 Å². The summed E-state index contributed by atoms with van der Waals surface area (Å²) in [6.45, 7) is 3.65. The number of nitrogens with zero attached hydrogens (tertiary/aromatic N) is 1. The Morgan fingerprint density at radius 1 is 1.33 bits per heavy atom. The summed E-state index contributed by atoms with van der Waals surface area (Å²) in [5.74, 6) is 0.121. The first kappa shape index (κ1) is 13.4. The van der Waals surface area contributed by atoms with Gasteiger partial charge in [-0.3, -0.25) is 4.79 Å². The molecule has 2 nitrogen and oxygen atoms in total. The van der Waals surface area contributed by atoms with E-state index in [-0.39, 0.29) is 5.78 Å². The van der Waals surface area contributed by atoms with Crippen LogP contribution in [0.4, 0.5) is 0 Å². The quantitative estimate of drug-likeness (QED) is 0.556. The molecule has 1 rings (SSSR count). The number of hydrogen-bond donors (Lipinski definition) is 0. The van der Waals surface area contributed by atoms with Crippen LogP contribution in [-0.4, -0.2) is 5.78 Å². The number of nitriles is 1. The molecule has 0 heterocycles. The first-order valence-electron chi connectivity index (χ1n) is 5.15. The van der Waals surface area contributed by atoms with Crippen LogP contribution >= 0.6 is 0 Å². The van der Waals surface area contributed by atoms with Crippen molar-refractivity contribution in [2.45, 2.75) is 33.1 Å². The van der Waals surface area contributed by atoms with Crippen LogP contribution in [0.5, 0.6) is 0 Å². The summed E-state index contributed by atoms with van der Waals surface area (Å²) in [5.41, 5.74) is 0.775. The third-order valence-electron chi connectivity index (χ3n) is 1.82. The van der Waals surface area contributed by atoms with E-state index in [0.29, 0.717) is 0 Å². The minimum absolute atomic E-state index is 0.121. The molecule has 1 aromatic rings. The van der Waals surface area contributed by atoms with Crippen LogP contribution < -0.4 is 0 Å². The summed E-state index contributed by atoms with van der Waals surface area (Å²) >= 11 is 0. The van der Waals surface area contributed by atoms with Crippen molar-refractivity contribution in [2.24, 2.45) is 0 Å². The van der Waals surface area contributed by atoms with Gasteiger partial charge in [-0.05, 0) is 13.3 Å². The zero-order valence-electron chi connectivity index (χ0n) is 9.36. The fourth-order valence-corrected chi connectivity index (χ4v) is 0.929. The normalized spacial score (nSPS) is 8.33. The van der Waals surface area contributed by atoms with Gasteiger partial charge in [-0.25, -0.2) is 0 Å². The third kappa shape index (κ3) is 7.45. The second-order valence-corrected chi connectivity index (χ2v) is 3.18. The van der Waals surface area contributed by atoms with Crippen LogP contribution in [-0.2, 0) is 0 Å². The van der Waals surface area contributed by atoms with E-state index < -0.39 is 0 Å². The number of ketones is 1. The van der Waals surface area contributed by atoms with E-state index >= 15 is 0 Å². The van der Waals surface area contributed by atoms with Gasteiger partial charge in [0.15, 0.2) is 5.78 Å². The molecule has 2 heteroatoms. The predicted molar refractivity (Wildman–Crippen MR) is 61.6 cm³/mol. The van der Waals surface area contributed by atoms with E-state index in [1.165, 1.54) is 0 Å². The molecule has 1 aromatic carbocycles. The highest BCUT2D eigenvalue weighted by Crippen LogP contribution is 1.97. The maximum Gasteiger partial charge on any atom is 0.159 e. The zero-order valence-corrected chi connectivity index (χ0v) is 9.36. The maximum atomic E-state index is 10.6. The molecule has 0 N–H and O–H groups in total. The highest BCUT2D eigenvalue weighted by Gasteiger charge is 1.92. The summed E-state index contributed by atoms with van der Waals surface area (Å²) in [7, 11) is 0. The van der Waals surface area contributed by atoms with Crippen molar-refractivity contribution < 1.29 is 4.79 Å². The summed E-state index contributed by atoms with van der Waals surface area (Å²) in [5, 5.41) is 7.95. The Hall–Kier alpha value is -1.62. The Kier molecular flexibility index (Phi) is 7.99. The summed E-state index contributed by atoms with van der Waals surface area (Å²) in [4.78, 5) is 10.6. The van der Waals surface area contributed by atoms with E-state index in [0.717, 1.165) is 24.8 Å². The predicted octanol–water partition coefficient (Wildman–Crippen LogP) is 3.59. The smallest absolute Gasteiger partial charge is 0.159 e. The number of hydrogen-bond acceptors (Lipinski definition) is 2. The third-order valence-corrected chi connectivity index (χ3v) is 1.82. The van der Waals surface area contributed by atoms with Gasteiger partial charge in [0.05, 0.1) is 6.07 Å². The molecule has 0 saturated heterocycles. The zero-order chi connectivity index (χ0) is 11.5. The van der Waals surface area contributed by atoms with E-state index in [1.807, 2.05) is 30.3 Å². The van der Waals surface area contributed by atoms with E-state index in [2.05, 4.69) is 13.0 Å². The lowest BCUT2D eigenvalue weighted by molar-refractivity contribution is 0.101. The minimum Gasteiger partial charge on any atom is -0.295 e. The molecule has 0 radical (unpaired) electrons. The highest BCUT2D eigenvalue weighted by atomic mass is 16.1. The fraction of sp³-hybridized carbons (Fsp3) is 0.385.